The number of benzene rings is 1. The Hall–Kier alpha value is -2.64. The lowest BCUT2D eigenvalue weighted by atomic mass is 10.2. The Labute approximate surface area is 145 Å². The number of halogens is 2. The minimum absolute atomic E-state index is 0.209. The molecule has 3 rings (SSSR count). The molecule has 0 aliphatic carbocycles. The topological polar surface area (TPSA) is 30.7 Å². The van der Waals surface area contributed by atoms with Crippen LogP contribution in [0.15, 0.2) is 48.8 Å². The Kier molecular flexibility index (Phi) is 4.64. The Morgan fingerprint density at radius 3 is 2.54 bits per heavy atom. The lowest BCUT2D eigenvalue weighted by molar-refractivity contribution is 0.627. The number of pyridine rings is 1. The standard InChI is InChI=1S/C19H15ClFN3/c1-13(2)19-23-16(6-3-14-9-10-22-18(20)11-14)12-24(19)17-7-4-15(21)5-8-17/h4-5,7-13H,1-2H3. The Bertz CT molecular complexity index is 918. The number of hydrogen-bond acceptors (Lipinski definition) is 2. The maximum atomic E-state index is 13.1. The van der Waals surface area contributed by atoms with Gasteiger partial charge in [0.2, 0.25) is 0 Å². The van der Waals surface area contributed by atoms with E-state index in [1.165, 1.54) is 12.1 Å². The van der Waals surface area contributed by atoms with Crippen molar-refractivity contribution in [1.82, 2.24) is 14.5 Å². The van der Waals surface area contributed by atoms with Crippen molar-refractivity contribution in [3.63, 3.8) is 0 Å². The van der Waals surface area contributed by atoms with Crippen LogP contribution in [0.2, 0.25) is 5.15 Å². The van der Waals surface area contributed by atoms with Crippen molar-refractivity contribution in [3.05, 3.63) is 76.8 Å². The molecule has 0 bridgehead atoms. The van der Waals surface area contributed by atoms with Crippen molar-refractivity contribution in [2.75, 3.05) is 0 Å². The third-order valence-corrected chi connectivity index (χ3v) is 3.62. The van der Waals surface area contributed by atoms with E-state index in [0.29, 0.717) is 10.8 Å². The van der Waals surface area contributed by atoms with Gasteiger partial charge in [0.25, 0.3) is 0 Å². The highest BCUT2D eigenvalue weighted by Gasteiger charge is 2.12. The number of imidazole rings is 1. The summed E-state index contributed by atoms with van der Waals surface area (Å²) < 4.78 is 15.1. The van der Waals surface area contributed by atoms with Crippen molar-refractivity contribution in [2.45, 2.75) is 19.8 Å². The summed E-state index contributed by atoms with van der Waals surface area (Å²) >= 11 is 5.86. The summed E-state index contributed by atoms with van der Waals surface area (Å²) in [6.45, 7) is 4.12. The highest BCUT2D eigenvalue weighted by molar-refractivity contribution is 6.29. The summed E-state index contributed by atoms with van der Waals surface area (Å²) in [4.78, 5) is 8.52. The van der Waals surface area contributed by atoms with Crippen molar-refractivity contribution in [2.24, 2.45) is 0 Å². The van der Waals surface area contributed by atoms with Gasteiger partial charge in [0.15, 0.2) is 0 Å². The van der Waals surface area contributed by atoms with Crippen LogP contribution in [-0.4, -0.2) is 14.5 Å². The predicted molar refractivity (Wildman–Crippen MR) is 92.8 cm³/mol. The molecule has 0 atom stereocenters. The normalized spacial score (nSPS) is 10.5. The Morgan fingerprint density at radius 2 is 1.88 bits per heavy atom. The minimum atomic E-state index is -0.264. The first-order valence-corrected chi connectivity index (χ1v) is 7.89. The van der Waals surface area contributed by atoms with E-state index in [4.69, 9.17) is 11.6 Å². The zero-order chi connectivity index (χ0) is 17.1. The summed E-state index contributed by atoms with van der Waals surface area (Å²) in [5, 5.41) is 0.404. The average molecular weight is 340 g/mol. The lowest BCUT2D eigenvalue weighted by Crippen LogP contribution is -2.02. The highest BCUT2D eigenvalue weighted by atomic mass is 35.5. The SMILES string of the molecule is CC(C)c1nc(C#Cc2ccnc(Cl)c2)cn1-c1ccc(F)cc1. The first kappa shape index (κ1) is 16.2. The largest absolute Gasteiger partial charge is 0.302 e. The van der Waals surface area contributed by atoms with Gasteiger partial charge in [-0.05, 0) is 42.3 Å². The quantitative estimate of drug-likeness (QED) is 0.505. The zero-order valence-electron chi connectivity index (χ0n) is 13.3. The highest BCUT2D eigenvalue weighted by Crippen LogP contribution is 2.20. The van der Waals surface area contributed by atoms with Crippen LogP contribution in [0.5, 0.6) is 0 Å². The van der Waals surface area contributed by atoms with Crippen LogP contribution in [0.4, 0.5) is 4.39 Å². The molecule has 0 fully saturated rings. The second-order valence-corrected chi connectivity index (χ2v) is 5.99. The summed E-state index contributed by atoms with van der Waals surface area (Å²) in [6.07, 6.45) is 3.47. The molecule has 0 aliphatic rings. The van der Waals surface area contributed by atoms with E-state index in [2.05, 4.69) is 35.7 Å². The fraction of sp³-hybridized carbons (Fsp3) is 0.158. The predicted octanol–water partition coefficient (Wildman–Crippen LogP) is 4.58. The van der Waals surface area contributed by atoms with Gasteiger partial charge in [0.1, 0.15) is 22.5 Å². The summed E-state index contributed by atoms with van der Waals surface area (Å²) in [5.74, 6) is 6.89. The lowest BCUT2D eigenvalue weighted by Gasteiger charge is -2.09. The van der Waals surface area contributed by atoms with E-state index in [1.54, 1.807) is 30.5 Å². The van der Waals surface area contributed by atoms with Gasteiger partial charge in [-0.3, -0.25) is 0 Å². The van der Waals surface area contributed by atoms with Crippen LogP contribution in [0, 0.1) is 17.7 Å². The van der Waals surface area contributed by atoms with E-state index in [9.17, 15) is 4.39 Å². The van der Waals surface area contributed by atoms with Gasteiger partial charge in [0, 0.05) is 29.6 Å². The van der Waals surface area contributed by atoms with E-state index < -0.39 is 0 Å². The van der Waals surface area contributed by atoms with Crippen LogP contribution in [0.3, 0.4) is 0 Å². The molecular weight excluding hydrogens is 325 g/mol. The Morgan fingerprint density at radius 1 is 1.12 bits per heavy atom. The smallest absolute Gasteiger partial charge is 0.132 e. The van der Waals surface area contributed by atoms with Gasteiger partial charge in [-0.1, -0.05) is 31.4 Å². The monoisotopic (exact) mass is 339 g/mol. The molecule has 0 saturated carbocycles. The molecule has 3 nitrogen and oxygen atoms in total. The maximum absolute atomic E-state index is 13.1. The van der Waals surface area contributed by atoms with E-state index in [-0.39, 0.29) is 11.7 Å². The fourth-order valence-electron chi connectivity index (χ4n) is 2.29. The van der Waals surface area contributed by atoms with Crippen molar-refractivity contribution < 1.29 is 4.39 Å². The fourth-order valence-corrected chi connectivity index (χ4v) is 2.46. The van der Waals surface area contributed by atoms with Crippen LogP contribution >= 0.6 is 11.6 Å². The molecule has 5 heteroatoms. The average Bonchev–Trinajstić information content (AvgIpc) is 2.98. The number of aromatic nitrogens is 3. The number of nitrogens with zero attached hydrogens (tertiary/aromatic N) is 3. The van der Waals surface area contributed by atoms with Crippen LogP contribution in [0.25, 0.3) is 5.69 Å². The third-order valence-electron chi connectivity index (χ3n) is 3.42. The molecule has 0 spiro atoms. The van der Waals surface area contributed by atoms with E-state index >= 15 is 0 Å². The molecule has 1 aromatic carbocycles. The first-order chi connectivity index (χ1) is 11.5. The van der Waals surface area contributed by atoms with Gasteiger partial charge in [-0.15, -0.1) is 0 Å². The molecule has 24 heavy (non-hydrogen) atoms. The van der Waals surface area contributed by atoms with Gasteiger partial charge in [-0.25, -0.2) is 14.4 Å². The van der Waals surface area contributed by atoms with E-state index in [1.807, 2.05) is 10.8 Å². The van der Waals surface area contributed by atoms with Crippen molar-refractivity contribution >= 4 is 11.6 Å². The third kappa shape index (κ3) is 3.64. The molecule has 2 aromatic heterocycles. The van der Waals surface area contributed by atoms with Crippen molar-refractivity contribution in [1.29, 1.82) is 0 Å². The molecule has 0 N–H and O–H groups in total. The van der Waals surface area contributed by atoms with Gasteiger partial charge >= 0.3 is 0 Å². The van der Waals surface area contributed by atoms with Gasteiger partial charge < -0.3 is 4.57 Å². The van der Waals surface area contributed by atoms with Crippen LogP contribution < -0.4 is 0 Å². The zero-order valence-corrected chi connectivity index (χ0v) is 14.0. The molecule has 0 radical (unpaired) electrons. The molecule has 0 amide bonds. The summed E-state index contributed by atoms with van der Waals surface area (Å²) in [5.41, 5.74) is 2.28. The molecule has 0 aliphatic heterocycles. The molecular formula is C19H15ClFN3. The first-order valence-electron chi connectivity index (χ1n) is 7.52. The number of rotatable bonds is 2. The minimum Gasteiger partial charge on any atom is -0.302 e. The molecule has 3 aromatic rings. The van der Waals surface area contributed by atoms with Crippen LogP contribution in [-0.2, 0) is 0 Å². The summed E-state index contributed by atoms with van der Waals surface area (Å²) in [7, 11) is 0. The van der Waals surface area contributed by atoms with Gasteiger partial charge in [-0.2, -0.15) is 0 Å². The van der Waals surface area contributed by atoms with E-state index in [0.717, 1.165) is 17.1 Å². The second-order valence-electron chi connectivity index (χ2n) is 5.60. The maximum Gasteiger partial charge on any atom is 0.132 e. The van der Waals surface area contributed by atoms with Crippen LogP contribution in [0.1, 0.15) is 36.8 Å². The van der Waals surface area contributed by atoms with Gasteiger partial charge in [0.05, 0.1) is 0 Å². The molecule has 0 unspecified atom stereocenters. The Balaban J connectivity index is 1.99. The summed E-state index contributed by atoms with van der Waals surface area (Å²) in [6, 6.07) is 9.81. The molecule has 120 valence electrons. The van der Waals surface area contributed by atoms with Crippen molar-refractivity contribution in [3.8, 4) is 17.5 Å². The molecule has 0 saturated heterocycles. The second kappa shape index (κ2) is 6.86. The molecule has 2 heterocycles. The number of hydrogen-bond donors (Lipinski definition) is 0.